The smallest absolute Gasteiger partial charge is 0.0419 e. The predicted molar refractivity (Wildman–Crippen MR) is 69.6 cm³/mol. The standard InChI is InChI=1S/C14H24N2/c1-5-15-14(8-11(2)3)9-13-7-6-12(4)10-16-13/h6-7,10-11,14-15H,5,8-9H2,1-4H3. The van der Waals surface area contributed by atoms with Crippen LogP contribution in [0.3, 0.4) is 0 Å². The minimum absolute atomic E-state index is 0.556. The van der Waals surface area contributed by atoms with E-state index in [4.69, 9.17) is 0 Å². The van der Waals surface area contributed by atoms with Crippen molar-refractivity contribution in [2.24, 2.45) is 5.92 Å². The van der Waals surface area contributed by atoms with Crippen molar-refractivity contribution < 1.29 is 0 Å². The predicted octanol–water partition coefficient (Wildman–Crippen LogP) is 2.96. The Kier molecular flexibility index (Phi) is 5.47. The highest BCUT2D eigenvalue weighted by Crippen LogP contribution is 2.10. The lowest BCUT2D eigenvalue weighted by atomic mass is 9.99. The Bertz CT molecular complexity index is 290. The van der Waals surface area contributed by atoms with Gasteiger partial charge >= 0.3 is 0 Å². The number of rotatable bonds is 6. The molecule has 0 saturated heterocycles. The molecular formula is C14H24N2. The molecule has 16 heavy (non-hydrogen) atoms. The molecule has 2 nitrogen and oxygen atoms in total. The first-order chi connectivity index (χ1) is 7.61. The Balaban J connectivity index is 2.56. The van der Waals surface area contributed by atoms with Gasteiger partial charge in [-0.25, -0.2) is 0 Å². The lowest BCUT2D eigenvalue weighted by molar-refractivity contribution is 0.421. The van der Waals surface area contributed by atoms with Gasteiger partial charge in [-0.05, 0) is 37.4 Å². The van der Waals surface area contributed by atoms with Crippen molar-refractivity contribution in [3.05, 3.63) is 29.6 Å². The van der Waals surface area contributed by atoms with E-state index in [9.17, 15) is 0 Å². The topological polar surface area (TPSA) is 24.9 Å². The van der Waals surface area contributed by atoms with Gasteiger partial charge < -0.3 is 5.32 Å². The summed E-state index contributed by atoms with van der Waals surface area (Å²) < 4.78 is 0. The summed E-state index contributed by atoms with van der Waals surface area (Å²) in [4.78, 5) is 4.47. The molecule has 1 heterocycles. The molecule has 0 fully saturated rings. The number of pyridine rings is 1. The second-order valence-electron chi connectivity index (χ2n) is 4.92. The quantitative estimate of drug-likeness (QED) is 0.797. The summed E-state index contributed by atoms with van der Waals surface area (Å²) in [5.74, 6) is 0.731. The molecule has 0 amide bonds. The Morgan fingerprint density at radius 2 is 2.06 bits per heavy atom. The van der Waals surface area contributed by atoms with Gasteiger partial charge in [-0.15, -0.1) is 0 Å². The number of hydrogen-bond donors (Lipinski definition) is 1. The monoisotopic (exact) mass is 220 g/mol. The molecule has 2 heteroatoms. The van der Waals surface area contributed by atoms with Crippen LogP contribution in [0.5, 0.6) is 0 Å². The SMILES string of the molecule is CCNC(Cc1ccc(C)cn1)CC(C)C. The molecule has 1 unspecified atom stereocenters. The van der Waals surface area contributed by atoms with Gasteiger partial charge in [0.2, 0.25) is 0 Å². The zero-order chi connectivity index (χ0) is 12.0. The van der Waals surface area contributed by atoms with Gasteiger partial charge in [0, 0.05) is 24.4 Å². The fraction of sp³-hybridized carbons (Fsp3) is 0.643. The third-order valence-electron chi connectivity index (χ3n) is 2.68. The summed E-state index contributed by atoms with van der Waals surface area (Å²) >= 11 is 0. The van der Waals surface area contributed by atoms with Crippen LogP contribution < -0.4 is 5.32 Å². The van der Waals surface area contributed by atoms with Crippen molar-refractivity contribution in [1.82, 2.24) is 10.3 Å². The van der Waals surface area contributed by atoms with Crippen LogP contribution in [-0.4, -0.2) is 17.6 Å². The maximum absolute atomic E-state index is 4.47. The molecule has 0 radical (unpaired) electrons. The van der Waals surface area contributed by atoms with Crippen LogP contribution in [0.2, 0.25) is 0 Å². The van der Waals surface area contributed by atoms with E-state index in [1.165, 1.54) is 17.7 Å². The van der Waals surface area contributed by atoms with Crippen molar-refractivity contribution in [2.75, 3.05) is 6.54 Å². The summed E-state index contributed by atoms with van der Waals surface area (Å²) in [6, 6.07) is 4.83. The molecule has 0 bridgehead atoms. The largest absolute Gasteiger partial charge is 0.314 e. The minimum atomic E-state index is 0.556. The fourth-order valence-electron chi connectivity index (χ4n) is 1.97. The van der Waals surface area contributed by atoms with E-state index in [-0.39, 0.29) is 0 Å². The van der Waals surface area contributed by atoms with E-state index in [1.807, 2.05) is 6.20 Å². The molecule has 1 aromatic rings. The van der Waals surface area contributed by atoms with Gasteiger partial charge in [0.1, 0.15) is 0 Å². The van der Waals surface area contributed by atoms with Crippen molar-refractivity contribution in [3.8, 4) is 0 Å². The number of likely N-dealkylation sites (N-methyl/N-ethyl adjacent to an activating group) is 1. The maximum Gasteiger partial charge on any atom is 0.0419 e. The average molecular weight is 220 g/mol. The van der Waals surface area contributed by atoms with Crippen molar-refractivity contribution >= 4 is 0 Å². The fourth-order valence-corrected chi connectivity index (χ4v) is 1.97. The summed E-state index contributed by atoms with van der Waals surface area (Å²) in [5, 5.41) is 3.54. The van der Waals surface area contributed by atoms with E-state index in [0.29, 0.717) is 6.04 Å². The Morgan fingerprint density at radius 1 is 1.31 bits per heavy atom. The summed E-state index contributed by atoms with van der Waals surface area (Å²) in [5.41, 5.74) is 2.42. The number of nitrogens with one attached hydrogen (secondary N) is 1. The molecule has 0 aliphatic heterocycles. The van der Waals surface area contributed by atoms with Crippen LogP contribution in [0.15, 0.2) is 18.3 Å². The third kappa shape index (κ3) is 4.75. The van der Waals surface area contributed by atoms with Crippen molar-refractivity contribution in [2.45, 2.75) is 46.6 Å². The van der Waals surface area contributed by atoms with E-state index in [0.717, 1.165) is 18.9 Å². The number of nitrogens with zero attached hydrogens (tertiary/aromatic N) is 1. The molecule has 1 atom stereocenters. The van der Waals surface area contributed by atoms with Gasteiger partial charge in [-0.2, -0.15) is 0 Å². The summed E-state index contributed by atoms with van der Waals surface area (Å²) in [6.07, 6.45) is 4.20. The first-order valence-corrected chi connectivity index (χ1v) is 6.26. The number of aromatic nitrogens is 1. The maximum atomic E-state index is 4.47. The molecule has 1 N–H and O–H groups in total. The van der Waals surface area contributed by atoms with Crippen molar-refractivity contribution in [1.29, 1.82) is 0 Å². The van der Waals surface area contributed by atoms with Gasteiger partial charge in [0.15, 0.2) is 0 Å². The molecule has 90 valence electrons. The van der Waals surface area contributed by atoms with Gasteiger partial charge in [-0.1, -0.05) is 26.8 Å². The molecule has 0 spiro atoms. The molecular weight excluding hydrogens is 196 g/mol. The van der Waals surface area contributed by atoms with Crippen LogP contribution >= 0.6 is 0 Å². The Morgan fingerprint density at radius 3 is 2.56 bits per heavy atom. The van der Waals surface area contributed by atoms with Gasteiger partial charge in [-0.3, -0.25) is 4.98 Å². The first-order valence-electron chi connectivity index (χ1n) is 6.26. The summed E-state index contributed by atoms with van der Waals surface area (Å²) in [6.45, 7) is 9.81. The highest BCUT2D eigenvalue weighted by Gasteiger charge is 2.10. The van der Waals surface area contributed by atoms with Crippen LogP contribution in [0, 0.1) is 12.8 Å². The van der Waals surface area contributed by atoms with Crippen LogP contribution in [0.4, 0.5) is 0 Å². The normalized spacial score (nSPS) is 13.1. The Hall–Kier alpha value is -0.890. The van der Waals surface area contributed by atoms with E-state index < -0.39 is 0 Å². The highest BCUT2D eigenvalue weighted by atomic mass is 14.9. The zero-order valence-electron chi connectivity index (χ0n) is 11.0. The lowest BCUT2D eigenvalue weighted by Crippen LogP contribution is -2.32. The highest BCUT2D eigenvalue weighted by molar-refractivity contribution is 5.13. The second kappa shape index (κ2) is 6.64. The average Bonchev–Trinajstić information content (AvgIpc) is 2.21. The number of aryl methyl sites for hydroxylation is 1. The van der Waals surface area contributed by atoms with Crippen molar-refractivity contribution in [3.63, 3.8) is 0 Å². The second-order valence-corrected chi connectivity index (χ2v) is 4.92. The molecule has 0 saturated carbocycles. The molecule has 1 aromatic heterocycles. The van der Waals surface area contributed by atoms with Gasteiger partial charge in [0.05, 0.1) is 0 Å². The molecule has 0 aromatic carbocycles. The lowest BCUT2D eigenvalue weighted by Gasteiger charge is -2.19. The molecule has 0 aliphatic carbocycles. The summed E-state index contributed by atoms with van der Waals surface area (Å²) in [7, 11) is 0. The first kappa shape index (κ1) is 13.2. The Labute approximate surface area is 99.5 Å². The minimum Gasteiger partial charge on any atom is -0.314 e. The van der Waals surface area contributed by atoms with Crippen LogP contribution in [-0.2, 0) is 6.42 Å². The van der Waals surface area contributed by atoms with E-state index in [2.05, 4.69) is 50.1 Å². The van der Waals surface area contributed by atoms with Gasteiger partial charge in [0.25, 0.3) is 0 Å². The van der Waals surface area contributed by atoms with Crippen LogP contribution in [0.1, 0.15) is 38.4 Å². The van der Waals surface area contributed by atoms with E-state index in [1.54, 1.807) is 0 Å². The van der Waals surface area contributed by atoms with E-state index >= 15 is 0 Å². The van der Waals surface area contributed by atoms with Crippen LogP contribution in [0.25, 0.3) is 0 Å². The molecule has 1 rings (SSSR count). The zero-order valence-corrected chi connectivity index (χ0v) is 11.0. The number of hydrogen-bond acceptors (Lipinski definition) is 2. The third-order valence-corrected chi connectivity index (χ3v) is 2.68. The molecule has 0 aliphatic rings.